The summed E-state index contributed by atoms with van der Waals surface area (Å²) in [4.78, 5) is 11.7. The summed E-state index contributed by atoms with van der Waals surface area (Å²) < 4.78 is 12.7. The van der Waals surface area contributed by atoms with E-state index in [1.165, 1.54) is 12.1 Å². The Kier molecular flexibility index (Phi) is 5.58. The second-order valence-corrected chi connectivity index (χ2v) is 4.96. The normalized spacial score (nSPS) is 10.2. The van der Waals surface area contributed by atoms with Gasteiger partial charge in [0.2, 0.25) is 5.91 Å². The lowest BCUT2D eigenvalue weighted by Crippen LogP contribution is -2.25. The molecule has 3 nitrogen and oxygen atoms in total. The quantitative estimate of drug-likeness (QED) is 0.856. The minimum absolute atomic E-state index is 0.0652. The third-order valence-corrected chi connectivity index (χ3v) is 3.33. The summed E-state index contributed by atoms with van der Waals surface area (Å²) in [6.45, 7) is 0.898. The molecule has 0 saturated carbocycles. The molecule has 2 N–H and O–H groups in total. The van der Waals surface area contributed by atoms with Gasteiger partial charge in [-0.3, -0.25) is 4.79 Å². The van der Waals surface area contributed by atoms with Crippen molar-refractivity contribution in [2.45, 2.75) is 13.0 Å². The van der Waals surface area contributed by atoms with Crippen molar-refractivity contribution in [3.63, 3.8) is 0 Å². The molecule has 0 aromatic heterocycles. The predicted octanol–water partition coefficient (Wildman–Crippen LogP) is 3.60. The van der Waals surface area contributed by atoms with Crippen LogP contribution in [0.2, 0.25) is 5.02 Å². The van der Waals surface area contributed by atoms with Gasteiger partial charge in [0.05, 0.1) is 0 Å². The fourth-order valence-corrected chi connectivity index (χ4v) is 2.01. The Morgan fingerprint density at radius 1 is 1.10 bits per heavy atom. The van der Waals surface area contributed by atoms with Crippen molar-refractivity contribution in [2.75, 3.05) is 11.9 Å². The molecule has 2 aromatic carbocycles. The fraction of sp³-hybridized carbons (Fsp3) is 0.188. The van der Waals surface area contributed by atoms with Gasteiger partial charge in [-0.15, -0.1) is 0 Å². The number of hydrogen-bond acceptors (Lipinski definition) is 2. The lowest BCUT2D eigenvalue weighted by molar-refractivity contribution is -0.121. The molecular weight excluding hydrogens is 291 g/mol. The summed E-state index contributed by atoms with van der Waals surface area (Å²) in [5.41, 5.74) is 1.68. The zero-order valence-corrected chi connectivity index (χ0v) is 12.2. The minimum Gasteiger partial charge on any atom is -0.385 e. The van der Waals surface area contributed by atoms with Crippen LogP contribution in [0.1, 0.15) is 12.0 Å². The molecule has 0 aliphatic rings. The van der Waals surface area contributed by atoms with E-state index < -0.39 is 0 Å². The highest BCUT2D eigenvalue weighted by Crippen LogP contribution is 2.14. The van der Waals surface area contributed by atoms with Crippen LogP contribution in [0.15, 0.2) is 48.5 Å². The lowest BCUT2D eigenvalue weighted by atomic mass is 10.2. The molecule has 0 bridgehead atoms. The molecule has 0 heterocycles. The summed E-state index contributed by atoms with van der Waals surface area (Å²) in [6, 6.07) is 13.4. The molecular formula is C16H16ClFN2O. The molecule has 21 heavy (non-hydrogen) atoms. The van der Waals surface area contributed by atoms with Gasteiger partial charge in [-0.05, 0) is 35.9 Å². The number of amides is 1. The van der Waals surface area contributed by atoms with Crippen LogP contribution in [-0.4, -0.2) is 12.5 Å². The summed E-state index contributed by atoms with van der Waals surface area (Å²) in [5.74, 6) is -0.345. The SMILES string of the molecule is O=C(CCNc1ccc(F)cc1)NCc1ccccc1Cl. The lowest BCUT2D eigenvalue weighted by Gasteiger charge is -2.08. The average molecular weight is 307 g/mol. The van der Waals surface area contributed by atoms with Crippen molar-refractivity contribution in [3.8, 4) is 0 Å². The summed E-state index contributed by atoms with van der Waals surface area (Å²) >= 11 is 6.01. The second kappa shape index (κ2) is 7.64. The predicted molar refractivity (Wildman–Crippen MR) is 82.8 cm³/mol. The van der Waals surface area contributed by atoms with Gasteiger partial charge in [0.15, 0.2) is 0 Å². The highest BCUT2D eigenvalue weighted by Gasteiger charge is 2.03. The maximum Gasteiger partial charge on any atom is 0.222 e. The number of anilines is 1. The van der Waals surface area contributed by atoms with Gasteiger partial charge in [0.25, 0.3) is 0 Å². The van der Waals surface area contributed by atoms with Crippen LogP contribution in [0, 0.1) is 5.82 Å². The first-order chi connectivity index (χ1) is 10.1. The van der Waals surface area contributed by atoms with Gasteiger partial charge in [-0.1, -0.05) is 29.8 Å². The van der Waals surface area contributed by atoms with Crippen LogP contribution in [0.4, 0.5) is 10.1 Å². The molecule has 0 saturated heterocycles. The number of carbonyl (C=O) groups excluding carboxylic acids is 1. The van der Waals surface area contributed by atoms with Crippen molar-refractivity contribution in [1.82, 2.24) is 5.32 Å². The average Bonchev–Trinajstić information content (AvgIpc) is 2.48. The van der Waals surface area contributed by atoms with Crippen molar-refractivity contribution >= 4 is 23.2 Å². The number of hydrogen-bond donors (Lipinski definition) is 2. The molecule has 0 radical (unpaired) electrons. The summed E-state index contributed by atoms with van der Waals surface area (Å²) in [7, 11) is 0. The Morgan fingerprint density at radius 2 is 1.81 bits per heavy atom. The maximum absolute atomic E-state index is 12.7. The smallest absolute Gasteiger partial charge is 0.222 e. The fourth-order valence-electron chi connectivity index (χ4n) is 1.81. The van der Waals surface area contributed by atoms with Gasteiger partial charge >= 0.3 is 0 Å². The highest BCUT2D eigenvalue weighted by atomic mass is 35.5. The minimum atomic E-state index is -0.280. The molecule has 0 aliphatic heterocycles. The summed E-state index contributed by atoms with van der Waals surface area (Å²) in [5, 5.41) is 6.51. The van der Waals surface area contributed by atoms with Crippen LogP contribution in [-0.2, 0) is 11.3 Å². The first-order valence-electron chi connectivity index (χ1n) is 6.65. The van der Waals surface area contributed by atoms with Crippen molar-refractivity contribution < 1.29 is 9.18 Å². The number of carbonyl (C=O) groups is 1. The third-order valence-electron chi connectivity index (χ3n) is 2.96. The second-order valence-electron chi connectivity index (χ2n) is 4.55. The van der Waals surface area contributed by atoms with Crippen LogP contribution in [0.25, 0.3) is 0 Å². The molecule has 0 fully saturated rings. The van der Waals surface area contributed by atoms with Gasteiger partial charge in [-0.25, -0.2) is 4.39 Å². The Labute approximate surface area is 128 Å². The molecule has 0 spiro atoms. The van der Waals surface area contributed by atoms with E-state index in [2.05, 4.69) is 10.6 Å². The molecule has 5 heteroatoms. The summed E-state index contributed by atoms with van der Waals surface area (Å²) in [6.07, 6.45) is 0.335. The van der Waals surface area contributed by atoms with E-state index in [9.17, 15) is 9.18 Å². The van der Waals surface area contributed by atoms with E-state index in [4.69, 9.17) is 11.6 Å². The monoisotopic (exact) mass is 306 g/mol. The molecule has 2 aromatic rings. The van der Waals surface area contributed by atoms with Crippen LogP contribution >= 0.6 is 11.6 Å². The molecule has 0 unspecified atom stereocenters. The first kappa shape index (κ1) is 15.3. The van der Waals surface area contributed by atoms with E-state index >= 15 is 0 Å². The largest absolute Gasteiger partial charge is 0.385 e. The van der Waals surface area contributed by atoms with Crippen molar-refractivity contribution in [1.29, 1.82) is 0 Å². The maximum atomic E-state index is 12.7. The number of nitrogens with one attached hydrogen (secondary N) is 2. The highest BCUT2D eigenvalue weighted by molar-refractivity contribution is 6.31. The Bertz CT molecular complexity index is 601. The van der Waals surface area contributed by atoms with Gasteiger partial charge in [0, 0.05) is 30.2 Å². The Hall–Kier alpha value is -2.07. The Balaban J connectivity index is 1.70. The molecule has 0 atom stereocenters. The number of rotatable bonds is 6. The van der Waals surface area contributed by atoms with Crippen LogP contribution in [0.3, 0.4) is 0 Å². The van der Waals surface area contributed by atoms with Gasteiger partial charge in [0.1, 0.15) is 5.82 Å². The Morgan fingerprint density at radius 3 is 2.52 bits per heavy atom. The number of halogens is 2. The first-order valence-corrected chi connectivity index (χ1v) is 7.02. The van der Waals surface area contributed by atoms with E-state index in [0.717, 1.165) is 11.3 Å². The van der Waals surface area contributed by atoms with E-state index in [1.807, 2.05) is 18.2 Å². The van der Waals surface area contributed by atoms with Crippen LogP contribution in [0.5, 0.6) is 0 Å². The zero-order chi connectivity index (χ0) is 15.1. The van der Waals surface area contributed by atoms with Gasteiger partial charge in [-0.2, -0.15) is 0 Å². The van der Waals surface area contributed by atoms with Gasteiger partial charge < -0.3 is 10.6 Å². The van der Waals surface area contributed by atoms with E-state index in [-0.39, 0.29) is 11.7 Å². The van der Waals surface area contributed by atoms with Crippen molar-refractivity contribution in [3.05, 3.63) is 64.9 Å². The zero-order valence-electron chi connectivity index (χ0n) is 11.4. The molecule has 0 aliphatic carbocycles. The van der Waals surface area contributed by atoms with Crippen LogP contribution < -0.4 is 10.6 Å². The van der Waals surface area contributed by atoms with E-state index in [0.29, 0.717) is 24.5 Å². The van der Waals surface area contributed by atoms with Crippen molar-refractivity contribution in [2.24, 2.45) is 0 Å². The topological polar surface area (TPSA) is 41.1 Å². The number of benzene rings is 2. The molecule has 1 amide bonds. The van der Waals surface area contributed by atoms with E-state index in [1.54, 1.807) is 18.2 Å². The standard InChI is InChI=1S/C16H16ClFN2O/c17-15-4-2-1-3-12(15)11-20-16(21)9-10-19-14-7-5-13(18)6-8-14/h1-8,19H,9-11H2,(H,20,21). The third kappa shape index (κ3) is 5.08. The molecule has 110 valence electrons. The molecule has 2 rings (SSSR count).